The van der Waals surface area contributed by atoms with E-state index in [1.54, 1.807) is 19.4 Å². The Hall–Kier alpha value is -1.02. The standard InChI is InChI=1S/C12H21N3O3S/c1-18-10-11(13)5-8-15-19(16,17)9-6-12-4-2-3-7-14-12/h2-4,7,11,15H,5-6,8-10,13H2,1H3. The SMILES string of the molecule is COCC(N)CCNS(=O)(=O)CCc1ccccn1. The number of nitrogens with zero attached hydrogens (tertiary/aromatic N) is 1. The molecule has 3 N–H and O–H groups in total. The van der Waals surface area contributed by atoms with Crippen molar-refractivity contribution in [1.29, 1.82) is 0 Å². The van der Waals surface area contributed by atoms with Crippen molar-refractivity contribution < 1.29 is 13.2 Å². The highest BCUT2D eigenvalue weighted by Crippen LogP contribution is 1.98. The van der Waals surface area contributed by atoms with Gasteiger partial charge in [-0.25, -0.2) is 13.1 Å². The third-order valence-electron chi connectivity index (χ3n) is 2.57. The maximum absolute atomic E-state index is 11.7. The van der Waals surface area contributed by atoms with E-state index in [0.29, 0.717) is 26.0 Å². The van der Waals surface area contributed by atoms with Gasteiger partial charge in [0.25, 0.3) is 0 Å². The van der Waals surface area contributed by atoms with Gasteiger partial charge in [-0.1, -0.05) is 6.07 Å². The van der Waals surface area contributed by atoms with E-state index < -0.39 is 10.0 Å². The molecule has 0 bridgehead atoms. The number of ether oxygens (including phenoxy) is 1. The zero-order valence-electron chi connectivity index (χ0n) is 11.1. The summed E-state index contributed by atoms with van der Waals surface area (Å²) in [5, 5.41) is 0. The predicted molar refractivity (Wildman–Crippen MR) is 74.2 cm³/mol. The fourth-order valence-corrected chi connectivity index (χ4v) is 2.61. The molecule has 0 saturated carbocycles. The molecule has 1 atom stereocenters. The number of nitrogens with one attached hydrogen (secondary N) is 1. The van der Waals surface area contributed by atoms with Crippen LogP contribution in [0, 0.1) is 0 Å². The van der Waals surface area contributed by atoms with Crippen molar-refractivity contribution in [3.05, 3.63) is 30.1 Å². The Morgan fingerprint density at radius 1 is 1.47 bits per heavy atom. The zero-order valence-corrected chi connectivity index (χ0v) is 11.9. The van der Waals surface area contributed by atoms with Crippen molar-refractivity contribution in [2.45, 2.75) is 18.9 Å². The average Bonchev–Trinajstić information content (AvgIpc) is 2.38. The van der Waals surface area contributed by atoms with Crippen LogP contribution >= 0.6 is 0 Å². The molecule has 7 heteroatoms. The van der Waals surface area contributed by atoms with Crippen molar-refractivity contribution >= 4 is 10.0 Å². The summed E-state index contributed by atoms with van der Waals surface area (Å²) in [4.78, 5) is 4.09. The number of aromatic nitrogens is 1. The lowest BCUT2D eigenvalue weighted by molar-refractivity contribution is 0.177. The van der Waals surface area contributed by atoms with Crippen molar-refractivity contribution in [3.8, 4) is 0 Å². The molecule has 0 aliphatic rings. The first-order chi connectivity index (χ1) is 9.03. The summed E-state index contributed by atoms with van der Waals surface area (Å²) in [5.74, 6) is 0.0313. The molecule has 6 nitrogen and oxygen atoms in total. The molecule has 1 heterocycles. The van der Waals surface area contributed by atoms with Crippen LogP contribution in [-0.4, -0.2) is 45.5 Å². The highest BCUT2D eigenvalue weighted by Gasteiger charge is 2.11. The Kier molecular flexibility index (Phi) is 6.93. The Bertz CT molecular complexity index is 451. The molecule has 0 radical (unpaired) electrons. The van der Waals surface area contributed by atoms with Gasteiger partial charge in [0.1, 0.15) is 0 Å². The molecule has 1 aromatic heterocycles. The quantitative estimate of drug-likeness (QED) is 0.662. The maximum atomic E-state index is 11.7. The molecule has 19 heavy (non-hydrogen) atoms. The van der Waals surface area contributed by atoms with Crippen LogP contribution < -0.4 is 10.5 Å². The van der Waals surface area contributed by atoms with Crippen LogP contribution in [-0.2, 0) is 21.2 Å². The van der Waals surface area contributed by atoms with Crippen molar-refractivity contribution in [2.75, 3.05) is 26.0 Å². The number of aryl methyl sites for hydroxylation is 1. The summed E-state index contributed by atoms with van der Waals surface area (Å²) in [6.45, 7) is 0.755. The molecule has 1 unspecified atom stereocenters. The lowest BCUT2D eigenvalue weighted by Gasteiger charge is -2.11. The molecule has 1 aromatic rings. The summed E-state index contributed by atoms with van der Waals surface area (Å²) in [6, 6.07) is 5.30. The average molecular weight is 287 g/mol. The van der Waals surface area contributed by atoms with Crippen molar-refractivity contribution in [2.24, 2.45) is 5.73 Å². The largest absolute Gasteiger partial charge is 0.383 e. The normalized spacial score (nSPS) is 13.4. The first-order valence-corrected chi connectivity index (χ1v) is 7.80. The third-order valence-corrected chi connectivity index (χ3v) is 3.96. The van der Waals surface area contributed by atoms with Gasteiger partial charge in [-0.2, -0.15) is 0 Å². The minimum atomic E-state index is -3.28. The van der Waals surface area contributed by atoms with Gasteiger partial charge in [0.15, 0.2) is 0 Å². The summed E-state index contributed by atoms with van der Waals surface area (Å²) in [6.07, 6.45) is 2.61. The summed E-state index contributed by atoms with van der Waals surface area (Å²) < 4.78 is 30.9. The topological polar surface area (TPSA) is 94.3 Å². The predicted octanol–water partition coefficient (Wildman–Crippen LogP) is -0.0927. The van der Waals surface area contributed by atoms with Crippen molar-refractivity contribution in [3.63, 3.8) is 0 Å². The fraction of sp³-hybridized carbons (Fsp3) is 0.583. The number of sulfonamides is 1. The molecule has 0 saturated heterocycles. The molecular formula is C12H21N3O3S. The Balaban J connectivity index is 2.28. The number of nitrogens with two attached hydrogens (primary N) is 1. The Morgan fingerprint density at radius 3 is 2.89 bits per heavy atom. The van der Waals surface area contributed by atoms with E-state index in [4.69, 9.17) is 10.5 Å². The summed E-state index contributed by atoms with van der Waals surface area (Å²) in [7, 11) is -1.71. The minimum absolute atomic E-state index is 0.0313. The molecule has 108 valence electrons. The molecule has 0 spiro atoms. The van der Waals surface area contributed by atoms with Crippen LogP contribution in [0.25, 0.3) is 0 Å². The van der Waals surface area contributed by atoms with Gasteiger partial charge in [0.05, 0.1) is 12.4 Å². The van der Waals surface area contributed by atoms with E-state index in [9.17, 15) is 8.42 Å². The van der Waals surface area contributed by atoms with Gasteiger partial charge >= 0.3 is 0 Å². The second-order valence-corrected chi connectivity index (χ2v) is 6.21. The molecule has 0 amide bonds. The second kappa shape index (κ2) is 8.21. The smallest absolute Gasteiger partial charge is 0.211 e. The van der Waals surface area contributed by atoms with Crippen LogP contribution in [0.3, 0.4) is 0 Å². The lowest BCUT2D eigenvalue weighted by atomic mass is 10.2. The molecule has 0 aliphatic heterocycles. The monoisotopic (exact) mass is 287 g/mol. The molecule has 0 fully saturated rings. The number of methoxy groups -OCH3 is 1. The minimum Gasteiger partial charge on any atom is -0.383 e. The number of hydrogen-bond acceptors (Lipinski definition) is 5. The van der Waals surface area contributed by atoms with Crippen LogP contribution in [0.5, 0.6) is 0 Å². The zero-order chi connectivity index (χ0) is 14.1. The highest BCUT2D eigenvalue weighted by molar-refractivity contribution is 7.89. The number of pyridine rings is 1. The van der Waals surface area contributed by atoms with Gasteiger partial charge in [0, 0.05) is 38.0 Å². The van der Waals surface area contributed by atoms with E-state index in [-0.39, 0.29) is 11.8 Å². The molecule has 0 aromatic carbocycles. The number of hydrogen-bond donors (Lipinski definition) is 2. The van der Waals surface area contributed by atoms with Crippen LogP contribution in [0.1, 0.15) is 12.1 Å². The van der Waals surface area contributed by atoms with E-state index in [1.165, 1.54) is 0 Å². The van der Waals surface area contributed by atoms with Gasteiger partial charge in [-0.05, 0) is 18.6 Å². The molecule has 0 aliphatic carbocycles. The summed E-state index contributed by atoms with van der Waals surface area (Å²) >= 11 is 0. The van der Waals surface area contributed by atoms with E-state index in [1.807, 2.05) is 12.1 Å². The van der Waals surface area contributed by atoms with Crippen LogP contribution in [0.2, 0.25) is 0 Å². The Labute approximate surface area is 114 Å². The molecule has 1 rings (SSSR count). The maximum Gasteiger partial charge on any atom is 0.211 e. The van der Waals surface area contributed by atoms with Crippen molar-refractivity contribution in [1.82, 2.24) is 9.71 Å². The van der Waals surface area contributed by atoms with Gasteiger partial charge in [0.2, 0.25) is 10.0 Å². The number of rotatable bonds is 9. The second-order valence-electron chi connectivity index (χ2n) is 4.29. The first kappa shape index (κ1) is 16.0. The lowest BCUT2D eigenvalue weighted by Crippen LogP contribution is -2.34. The van der Waals surface area contributed by atoms with E-state index in [2.05, 4.69) is 9.71 Å². The van der Waals surface area contributed by atoms with Gasteiger partial charge < -0.3 is 10.5 Å². The highest BCUT2D eigenvalue weighted by atomic mass is 32.2. The van der Waals surface area contributed by atoms with Crippen LogP contribution in [0.4, 0.5) is 0 Å². The van der Waals surface area contributed by atoms with E-state index >= 15 is 0 Å². The van der Waals surface area contributed by atoms with Gasteiger partial charge in [-0.15, -0.1) is 0 Å². The fourth-order valence-electron chi connectivity index (χ4n) is 1.55. The first-order valence-electron chi connectivity index (χ1n) is 6.15. The molecular weight excluding hydrogens is 266 g/mol. The third kappa shape index (κ3) is 7.22. The summed E-state index contributed by atoms with van der Waals surface area (Å²) in [5.41, 5.74) is 6.48. The van der Waals surface area contributed by atoms with Crippen LogP contribution in [0.15, 0.2) is 24.4 Å². The Morgan fingerprint density at radius 2 is 2.26 bits per heavy atom. The van der Waals surface area contributed by atoms with Gasteiger partial charge in [-0.3, -0.25) is 4.98 Å². The van der Waals surface area contributed by atoms with E-state index in [0.717, 1.165) is 5.69 Å².